The molecule has 7 heteroatoms. The Labute approximate surface area is 163 Å². The average Bonchev–Trinajstić information content (AvgIpc) is 2.65. The normalized spacial score (nSPS) is 10.7. The predicted octanol–water partition coefficient (Wildman–Crippen LogP) is 3.49. The van der Waals surface area contributed by atoms with Crippen LogP contribution in [0, 0.1) is 0 Å². The molecule has 6 nitrogen and oxygen atoms in total. The van der Waals surface area contributed by atoms with Crippen molar-refractivity contribution in [2.24, 2.45) is 5.10 Å². The zero-order valence-corrected chi connectivity index (χ0v) is 15.6. The van der Waals surface area contributed by atoms with E-state index in [-0.39, 0.29) is 17.6 Å². The Bertz CT molecular complexity index is 809. The summed E-state index contributed by atoms with van der Waals surface area (Å²) in [5.74, 6) is -0.224. The molecule has 0 unspecified atom stereocenters. The van der Waals surface area contributed by atoms with Crippen LogP contribution >= 0.6 is 11.6 Å². The number of aromatic hydroxyl groups is 1. The van der Waals surface area contributed by atoms with Gasteiger partial charge in [-0.1, -0.05) is 42.3 Å². The van der Waals surface area contributed by atoms with Crippen LogP contribution in [-0.2, 0) is 4.79 Å². The third kappa shape index (κ3) is 7.50. The quantitative estimate of drug-likeness (QED) is 0.349. The standard InChI is InChI=1S/C20H22ClN3O3/c21-18-10-4-3-9-17(18)20(27)22-12-5-1-2-11-19(26)24-23-14-15-7-6-8-16(25)13-15/h3-4,6-10,13-14,25H,1-2,5,11-12H2,(H,22,27)(H,24,26). The SMILES string of the molecule is O=C(CCCCCNC(=O)c1ccccc1Cl)NN=Cc1cccc(O)c1. The van der Waals surface area contributed by atoms with Crippen LogP contribution < -0.4 is 10.7 Å². The molecule has 0 saturated carbocycles. The first-order chi connectivity index (χ1) is 13.1. The Balaban J connectivity index is 1.56. The molecule has 27 heavy (non-hydrogen) atoms. The summed E-state index contributed by atoms with van der Waals surface area (Å²) in [5.41, 5.74) is 3.61. The molecule has 2 rings (SSSR count). The molecule has 0 fully saturated rings. The van der Waals surface area contributed by atoms with Crippen LogP contribution in [0.15, 0.2) is 53.6 Å². The largest absolute Gasteiger partial charge is 0.508 e. The maximum absolute atomic E-state index is 12.0. The van der Waals surface area contributed by atoms with Crippen molar-refractivity contribution in [2.75, 3.05) is 6.54 Å². The van der Waals surface area contributed by atoms with Gasteiger partial charge in [-0.25, -0.2) is 5.43 Å². The van der Waals surface area contributed by atoms with E-state index in [0.29, 0.717) is 35.5 Å². The minimum atomic E-state index is -0.195. The van der Waals surface area contributed by atoms with Crippen molar-refractivity contribution >= 4 is 29.6 Å². The summed E-state index contributed by atoms with van der Waals surface area (Å²) in [5, 5.41) is 16.4. The maximum atomic E-state index is 12.0. The number of hydrogen-bond acceptors (Lipinski definition) is 4. The molecule has 142 valence electrons. The predicted molar refractivity (Wildman–Crippen MR) is 106 cm³/mol. The Morgan fingerprint density at radius 3 is 2.67 bits per heavy atom. The third-order valence-corrected chi connectivity index (χ3v) is 4.09. The van der Waals surface area contributed by atoms with Crippen LogP contribution in [0.3, 0.4) is 0 Å². The van der Waals surface area contributed by atoms with Gasteiger partial charge in [-0.05, 0) is 42.7 Å². The summed E-state index contributed by atoms with van der Waals surface area (Å²) in [7, 11) is 0. The van der Waals surface area contributed by atoms with Gasteiger partial charge in [0.2, 0.25) is 5.91 Å². The number of benzene rings is 2. The highest BCUT2D eigenvalue weighted by atomic mass is 35.5. The Hall–Kier alpha value is -2.86. The molecule has 0 atom stereocenters. The number of carbonyl (C=O) groups is 2. The van der Waals surface area contributed by atoms with Crippen LogP contribution in [0.25, 0.3) is 0 Å². The monoisotopic (exact) mass is 387 g/mol. The van der Waals surface area contributed by atoms with E-state index in [1.165, 1.54) is 6.21 Å². The molecule has 0 aromatic heterocycles. The van der Waals surface area contributed by atoms with Crippen molar-refractivity contribution in [3.05, 3.63) is 64.7 Å². The second-order valence-electron chi connectivity index (χ2n) is 5.93. The first-order valence-corrected chi connectivity index (χ1v) is 9.08. The minimum absolute atomic E-state index is 0.145. The van der Waals surface area contributed by atoms with E-state index < -0.39 is 0 Å². The van der Waals surface area contributed by atoms with Crippen LogP contribution in [0.5, 0.6) is 5.75 Å². The first kappa shape index (κ1) is 20.5. The van der Waals surface area contributed by atoms with E-state index in [4.69, 9.17) is 11.6 Å². The number of amides is 2. The number of phenols is 1. The Kier molecular flexibility index (Phi) is 8.32. The first-order valence-electron chi connectivity index (χ1n) is 8.70. The molecule has 0 aliphatic carbocycles. The molecular weight excluding hydrogens is 366 g/mol. The second kappa shape index (κ2) is 11.0. The van der Waals surface area contributed by atoms with Gasteiger partial charge in [-0.3, -0.25) is 9.59 Å². The summed E-state index contributed by atoms with van der Waals surface area (Å²) in [6.07, 6.45) is 4.12. The lowest BCUT2D eigenvalue weighted by atomic mass is 10.1. The van der Waals surface area contributed by atoms with Crippen molar-refractivity contribution in [3.63, 3.8) is 0 Å². The van der Waals surface area contributed by atoms with Gasteiger partial charge in [-0.2, -0.15) is 5.10 Å². The van der Waals surface area contributed by atoms with E-state index in [0.717, 1.165) is 12.8 Å². The number of nitrogens with one attached hydrogen (secondary N) is 2. The molecule has 0 saturated heterocycles. The van der Waals surface area contributed by atoms with Crippen molar-refractivity contribution in [1.82, 2.24) is 10.7 Å². The third-order valence-electron chi connectivity index (χ3n) is 3.76. The van der Waals surface area contributed by atoms with Gasteiger partial charge in [0.1, 0.15) is 5.75 Å². The van der Waals surface area contributed by atoms with Crippen LogP contribution in [-0.4, -0.2) is 29.7 Å². The molecule has 0 aliphatic heterocycles. The van der Waals surface area contributed by atoms with E-state index in [1.807, 2.05) is 0 Å². The second-order valence-corrected chi connectivity index (χ2v) is 6.34. The molecule has 2 aromatic rings. The zero-order valence-electron chi connectivity index (χ0n) is 14.8. The van der Waals surface area contributed by atoms with Crippen molar-refractivity contribution in [1.29, 1.82) is 0 Å². The zero-order chi connectivity index (χ0) is 19.5. The lowest BCUT2D eigenvalue weighted by molar-refractivity contribution is -0.121. The van der Waals surface area contributed by atoms with Crippen molar-refractivity contribution in [3.8, 4) is 5.75 Å². The molecule has 0 bridgehead atoms. The summed E-state index contributed by atoms with van der Waals surface area (Å²) in [6, 6.07) is 13.5. The minimum Gasteiger partial charge on any atom is -0.508 e. The number of nitrogens with zero attached hydrogens (tertiary/aromatic N) is 1. The number of halogens is 1. The number of phenolic OH excluding ortho intramolecular Hbond substituents is 1. The van der Waals surface area contributed by atoms with Gasteiger partial charge in [0, 0.05) is 13.0 Å². The van der Waals surface area contributed by atoms with Gasteiger partial charge in [0.05, 0.1) is 16.8 Å². The number of hydrogen-bond donors (Lipinski definition) is 3. The Morgan fingerprint density at radius 1 is 1.07 bits per heavy atom. The van der Waals surface area contributed by atoms with E-state index in [1.54, 1.807) is 48.5 Å². The Morgan fingerprint density at radius 2 is 1.89 bits per heavy atom. The number of hydrazone groups is 1. The average molecular weight is 388 g/mol. The highest BCUT2D eigenvalue weighted by molar-refractivity contribution is 6.33. The van der Waals surface area contributed by atoms with Crippen LogP contribution in [0.1, 0.15) is 41.6 Å². The van der Waals surface area contributed by atoms with Gasteiger partial charge in [-0.15, -0.1) is 0 Å². The number of unbranched alkanes of at least 4 members (excludes halogenated alkanes) is 2. The molecule has 0 radical (unpaired) electrons. The maximum Gasteiger partial charge on any atom is 0.252 e. The summed E-state index contributed by atoms with van der Waals surface area (Å²) >= 11 is 5.98. The van der Waals surface area contributed by atoms with Crippen molar-refractivity contribution < 1.29 is 14.7 Å². The fourth-order valence-electron chi connectivity index (χ4n) is 2.37. The van der Waals surface area contributed by atoms with Gasteiger partial charge >= 0.3 is 0 Å². The summed E-state index contributed by atoms with van der Waals surface area (Å²) in [4.78, 5) is 23.7. The molecular formula is C20H22ClN3O3. The molecule has 0 aliphatic rings. The van der Waals surface area contributed by atoms with Crippen LogP contribution in [0.4, 0.5) is 0 Å². The van der Waals surface area contributed by atoms with Gasteiger partial charge in [0.25, 0.3) is 5.91 Å². The van der Waals surface area contributed by atoms with Gasteiger partial charge in [0.15, 0.2) is 0 Å². The van der Waals surface area contributed by atoms with E-state index in [2.05, 4.69) is 15.8 Å². The number of rotatable bonds is 9. The topological polar surface area (TPSA) is 90.8 Å². The summed E-state index contributed by atoms with van der Waals surface area (Å²) < 4.78 is 0. The number of carbonyl (C=O) groups excluding carboxylic acids is 2. The smallest absolute Gasteiger partial charge is 0.252 e. The molecule has 2 amide bonds. The molecule has 3 N–H and O–H groups in total. The van der Waals surface area contributed by atoms with E-state index in [9.17, 15) is 14.7 Å². The molecule has 0 heterocycles. The van der Waals surface area contributed by atoms with Gasteiger partial charge < -0.3 is 10.4 Å². The van der Waals surface area contributed by atoms with E-state index >= 15 is 0 Å². The molecule has 2 aromatic carbocycles. The highest BCUT2D eigenvalue weighted by Gasteiger charge is 2.08. The fourth-order valence-corrected chi connectivity index (χ4v) is 2.59. The van der Waals surface area contributed by atoms with Crippen LogP contribution in [0.2, 0.25) is 5.02 Å². The van der Waals surface area contributed by atoms with Crippen molar-refractivity contribution in [2.45, 2.75) is 25.7 Å². The fraction of sp³-hybridized carbons (Fsp3) is 0.250. The lowest BCUT2D eigenvalue weighted by Crippen LogP contribution is -2.24. The lowest BCUT2D eigenvalue weighted by Gasteiger charge is -2.06. The summed E-state index contributed by atoms with van der Waals surface area (Å²) in [6.45, 7) is 0.529. The molecule has 0 spiro atoms. The highest BCUT2D eigenvalue weighted by Crippen LogP contribution is 2.14.